The monoisotopic (exact) mass is 307 g/mol. The first-order valence-electron chi connectivity index (χ1n) is 7.69. The first kappa shape index (κ1) is 16.5. The summed E-state index contributed by atoms with van der Waals surface area (Å²) in [5, 5.41) is 0. The zero-order valence-corrected chi connectivity index (χ0v) is 14.0. The van der Waals surface area contributed by atoms with Crippen molar-refractivity contribution in [2.45, 2.75) is 59.2 Å². The van der Waals surface area contributed by atoms with Crippen molar-refractivity contribution in [3.05, 3.63) is 26.7 Å². The lowest BCUT2D eigenvalue weighted by Gasteiger charge is -2.21. The van der Waals surface area contributed by atoms with Gasteiger partial charge in [0.1, 0.15) is 5.82 Å². The normalized spacial score (nSPS) is 12.3. The highest BCUT2D eigenvalue weighted by Crippen LogP contribution is 2.16. The van der Waals surface area contributed by atoms with Crippen molar-refractivity contribution in [1.82, 2.24) is 18.7 Å². The van der Waals surface area contributed by atoms with Crippen LogP contribution >= 0.6 is 0 Å². The predicted octanol–water partition coefficient (Wildman–Crippen LogP) is 0.606. The lowest BCUT2D eigenvalue weighted by molar-refractivity contribution is 0.430. The molecule has 0 aliphatic carbocycles. The van der Waals surface area contributed by atoms with Crippen molar-refractivity contribution in [3.63, 3.8) is 0 Å². The van der Waals surface area contributed by atoms with Crippen molar-refractivity contribution >= 4 is 11.2 Å². The SMILES string of the molecule is CCCc1nc2c(c(=O)n(CC)c(=O)n2C)n1CC(C)(C)N. The molecular weight excluding hydrogens is 282 g/mol. The first-order valence-corrected chi connectivity index (χ1v) is 7.69. The van der Waals surface area contributed by atoms with Crippen LogP contribution in [-0.4, -0.2) is 24.2 Å². The fourth-order valence-electron chi connectivity index (χ4n) is 2.69. The van der Waals surface area contributed by atoms with Crippen molar-refractivity contribution in [2.24, 2.45) is 12.8 Å². The Kier molecular flexibility index (Phi) is 4.28. The molecule has 7 nitrogen and oxygen atoms in total. The van der Waals surface area contributed by atoms with E-state index in [4.69, 9.17) is 5.73 Å². The highest BCUT2D eigenvalue weighted by atomic mass is 16.2. The minimum Gasteiger partial charge on any atom is -0.324 e. The molecule has 0 unspecified atom stereocenters. The number of hydrogen-bond acceptors (Lipinski definition) is 4. The Balaban J connectivity index is 2.91. The minimum absolute atomic E-state index is 0.292. The van der Waals surface area contributed by atoms with E-state index in [1.807, 2.05) is 18.4 Å². The molecule has 0 bridgehead atoms. The van der Waals surface area contributed by atoms with Crippen molar-refractivity contribution in [3.8, 4) is 0 Å². The summed E-state index contributed by atoms with van der Waals surface area (Å²) in [5.74, 6) is 0.803. The molecule has 2 aromatic rings. The standard InChI is InChI=1S/C15H25N5O2/c1-6-8-10-17-12-11(20(10)9-15(3,4)16)13(21)19(7-2)14(22)18(12)5/h6-9,16H2,1-5H3. The summed E-state index contributed by atoms with van der Waals surface area (Å²) in [4.78, 5) is 29.5. The largest absolute Gasteiger partial charge is 0.332 e. The molecule has 2 aromatic heterocycles. The van der Waals surface area contributed by atoms with E-state index < -0.39 is 5.54 Å². The van der Waals surface area contributed by atoms with Crippen LogP contribution in [0.3, 0.4) is 0 Å². The molecule has 0 aliphatic heterocycles. The number of aryl methyl sites for hydroxylation is 2. The third kappa shape index (κ3) is 2.72. The van der Waals surface area contributed by atoms with E-state index in [0.717, 1.165) is 18.7 Å². The summed E-state index contributed by atoms with van der Waals surface area (Å²) in [6.07, 6.45) is 1.65. The molecule has 0 radical (unpaired) electrons. The molecule has 0 atom stereocenters. The van der Waals surface area contributed by atoms with Gasteiger partial charge in [0.25, 0.3) is 5.56 Å². The molecule has 122 valence electrons. The fraction of sp³-hybridized carbons (Fsp3) is 0.667. The molecule has 0 amide bonds. The topological polar surface area (TPSA) is 87.8 Å². The molecule has 2 heterocycles. The Morgan fingerprint density at radius 2 is 1.82 bits per heavy atom. The van der Waals surface area contributed by atoms with Gasteiger partial charge in [0.2, 0.25) is 0 Å². The van der Waals surface area contributed by atoms with Gasteiger partial charge in [-0.05, 0) is 27.2 Å². The number of nitrogens with two attached hydrogens (primary N) is 1. The molecule has 0 aliphatic rings. The maximum atomic E-state index is 12.7. The van der Waals surface area contributed by atoms with Gasteiger partial charge in [-0.15, -0.1) is 0 Å². The Hall–Kier alpha value is -1.89. The number of hydrogen-bond donors (Lipinski definition) is 1. The third-order valence-electron chi connectivity index (χ3n) is 3.67. The second kappa shape index (κ2) is 5.72. The predicted molar refractivity (Wildman–Crippen MR) is 87.2 cm³/mol. The van der Waals surface area contributed by atoms with Gasteiger partial charge in [-0.2, -0.15) is 0 Å². The summed E-state index contributed by atoms with van der Waals surface area (Å²) in [6, 6.07) is 0. The smallest absolute Gasteiger partial charge is 0.324 e. The maximum absolute atomic E-state index is 12.7. The summed E-state index contributed by atoms with van der Waals surface area (Å²) in [5.41, 5.74) is 5.94. The van der Waals surface area contributed by atoms with Crippen LogP contribution in [0.5, 0.6) is 0 Å². The van der Waals surface area contributed by atoms with E-state index >= 15 is 0 Å². The van der Waals surface area contributed by atoms with Crippen LogP contribution in [0.1, 0.15) is 39.9 Å². The second-order valence-electron chi connectivity index (χ2n) is 6.42. The van der Waals surface area contributed by atoms with Crippen molar-refractivity contribution < 1.29 is 0 Å². The van der Waals surface area contributed by atoms with Crippen molar-refractivity contribution in [2.75, 3.05) is 0 Å². The highest BCUT2D eigenvalue weighted by molar-refractivity contribution is 5.71. The van der Waals surface area contributed by atoms with Crippen LogP contribution < -0.4 is 17.0 Å². The first-order chi connectivity index (χ1) is 10.2. The van der Waals surface area contributed by atoms with Crippen LogP contribution in [-0.2, 0) is 26.6 Å². The zero-order valence-electron chi connectivity index (χ0n) is 14.0. The zero-order chi connectivity index (χ0) is 16.7. The number of fused-ring (bicyclic) bond motifs is 1. The van der Waals surface area contributed by atoms with Crippen molar-refractivity contribution in [1.29, 1.82) is 0 Å². The highest BCUT2D eigenvalue weighted by Gasteiger charge is 2.22. The molecule has 0 saturated heterocycles. The van der Waals surface area contributed by atoms with E-state index in [1.54, 1.807) is 14.0 Å². The molecule has 22 heavy (non-hydrogen) atoms. The number of aromatic nitrogens is 4. The molecule has 0 aromatic carbocycles. The molecule has 2 rings (SSSR count). The lowest BCUT2D eigenvalue weighted by Crippen LogP contribution is -2.41. The number of nitrogens with zero attached hydrogens (tertiary/aromatic N) is 4. The molecule has 2 N–H and O–H groups in total. The van der Waals surface area contributed by atoms with Gasteiger partial charge in [0.05, 0.1) is 0 Å². The van der Waals surface area contributed by atoms with Crippen LogP contribution in [0.25, 0.3) is 11.2 Å². The maximum Gasteiger partial charge on any atom is 0.332 e. The van der Waals surface area contributed by atoms with Gasteiger partial charge in [-0.1, -0.05) is 6.92 Å². The molecule has 0 saturated carbocycles. The Bertz CT molecular complexity index is 804. The summed E-state index contributed by atoms with van der Waals surface area (Å²) < 4.78 is 4.56. The third-order valence-corrected chi connectivity index (χ3v) is 3.67. The van der Waals surface area contributed by atoms with Gasteiger partial charge in [0, 0.05) is 32.1 Å². The number of rotatable bonds is 5. The van der Waals surface area contributed by atoms with E-state index in [1.165, 1.54) is 9.13 Å². The minimum atomic E-state index is -0.478. The fourth-order valence-corrected chi connectivity index (χ4v) is 2.69. The number of imidazole rings is 1. The average Bonchev–Trinajstić information content (AvgIpc) is 2.75. The van der Waals surface area contributed by atoms with Crippen LogP contribution in [0.2, 0.25) is 0 Å². The summed E-state index contributed by atoms with van der Waals surface area (Å²) in [6.45, 7) is 8.48. The van der Waals surface area contributed by atoms with E-state index in [0.29, 0.717) is 24.3 Å². The van der Waals surface area contributed by atoms with Gasteiger partial charge in [0.15, 0.2) is 11.2 Å². The van der Waals surface area contributed by atoms with Crippen LogP contribution in [0.4, 0.5) is 0 Å². The van der Waals surface area contributed by atoms with E-state index in [9.17, 15) is 9.59 Å². The Morgan fingerprint density at radius 3 is 2.32 bits per heavy atom. The quantitative estimate of drug-likeness (QED) is 0.876. The second-order valence-corrected chi connectivity index (χ2v) is 6.42. The van der Waals surface area contributed by atoms with E-state index in [-0.39, 0.29) is 11.2 Å². The van der Waals surface area contributed by atoms with Gasteiger partial charge in [-0.25, -0.2) is 9.78 Å². The molecule has 0 spiro atoms. The lowest BCUT2D eigenvalue weighted by atomic mass is 10.1. The van der Waals surface area contributed by atoms with E-state index in [2.05, 4.69) is 11.9 Å². The van der Waals surface area contributed by atoms with Gasteiger partial charge < -0.3 is 10.3 Å². The Labute approximate surface area is 129 Å². The average molecular weight is 307 g/mol. The van der Waals surface area contributed by atoms with Gasteiger partial charge >= 0.3 is 5.69 Å². The van der Waals surface area contributed by atoms with Crippen LogP contribution in [0.15, 0.2) is 9.59 Å². The Morgan fingerprint density at radius 1 is 1.18 bits per heavy atom. The van der Waals surface area contributed by atoms with Gasteiger partial charge in [-0.3, -0.25) is 13.9 Å². The molecular formula is C15H25N5O2. The van der Waals surface area contributed by atoms with Crippen LogP contribution in [0, 0.1) is 0 Å². The summed E-state index contributed by atoms with van der Waals surface area (Å²) in [7, 11) is 1.65. The molecule has 7 heteroatoms. The molecule has 0 fully saturated rings. The summed E-state index contributed by atoms with van der Waals surface area (Å²) >= 11 is 0.